The summed E-state index contributed by atoms with van der Waals surface area (Å²) in [6, 6.07) is 0. The lowest BCUT2D eigenvalue weighted by atomic mass is 9.81. The first-order valence-corrected chi connectivity index (χ1v) is 5.09. The van der Waals surface area contributed by atoms with Crippen molar-refractivity contribution < 1.29 is 0 Å². The maximum absolute atomic E-state index is 11.6. The average Bonchev–Trinajstić information content (AvgIpc) is 2.07. The van der Waals surface area contributed by atoms with Crippen molar-refractivity contribution in [2.75, 3.05) is 6.54 Å². The standard InChI is InChI=1S/C10H15N3O/c11-5-4-9-12-6-8(10(14)13-9)7-2-1-3-7/h6-7H,1-5,11H2,(H,12,13,14). The molecule has 4 nitrogen and oxygen atoms in total. The quantitative estimate of drug-likeness (QED) is 0.736. The summed E-state index contributed by atoms with van der Waals surface area (Å²) < 4.78 is 0. The Bertz CT molecular complexity index is 368. The molecule has 0 aliphatic heterocycles. The van der Waals surface area contributed by atoms with Crippen molar-refractivity contribution in [3.8, 4) is 0 Å². The minimum atomic E-state index is 0.0214. The lowest BCUT2D eigenvalue weighted by Crippen LogP contribution is -2.23. The number of nitrogens with two attached hydrogens (primary N) is 1. The van der Waals surface area contributed by atoms with Gasteiger partial charge in [-0.05, 0) is 25.3 Å². The molecule has 0 saturated heterocycles. The van der Waals surface area contributed by atoms with Crippen LogP contribution >= 0.6 is 0 Å². The molecule has 4 heteroatoms. The molecule has 0 atom stereocenters. The van der Waals surface area contributed by atoms with Gasteiger partial charge in [0.25, 0.3) is 5.56 Å². The summed E-state index contributed by atoms with van der Waals surface area (Å²) in [5.74, 6) is 1.14. The molecule has 1 fully saturated rings. The Morgan fingerprint density at radius 3 is 2.86 bits per heavy atom. The Balaban J connectivity index is 2.22. The number of aromatic amines is 1. The summed E-state index contributed by atoms with van der Waals surface area (Å²) in [6.45, 7) is 0.520. The third-order valence-corrected chi connectivity index (χ3v) is 2.81. The Hall–Kier alpha value is -1.16. The molecule has 1 aromatic heterocycles. The monoisotopic (exact) mass is 193 g/mol. The maximum Gasteiger partial charge on any atom is 0.254 e. The highest BCUT2D eigenvalue weighted by atomic mass is 16.1. The van der Waals surface area contributed by atoms with E-state index in [9.17, 15) is 4.79 Å². The summed E-state index contributed by atoms with van der Waals surface area (Å²) in [5.41, 5.74) is 6.25. The van der Waals surface area contributed by atoms with Gasteiger partial charge in [-0.15, -0.1) is 0 Å². The van der Waals surface area contributed by atoms with Gasteiger partial charge in [0.1, 0.15) is 5.82 Å². The number of aromatic nitrogens is 2. The smallest absolute Gasteiger partial charge is 0.254 e. The highest BCUT2D eigenvalue weighted by Gasteiger charge is 2.22. The summed E-state index contributed by atoms with van der Waals surface area (Å²) in [4.78, 5) is 18.6. The molecule has 1 aliphatic rings. The summed E-state index contributed by atoms with van der Waals surface area (Å²) >= 11 is 0. The van der Waals surface area contributed by atoms with Crippen molar-refractivity contribution >= 4 is 0 Å². The van der Waals surface area contributed by atoms with Gasteiger partial charge in [0, 0.05) is 18.2 Å². The van der Waals surface area contributed by atoms with Crippen LogP contribution in [0.5, 0.6) is 0 Å². The molecular formula is C10H15N3O. The second-order valence-electron chi connectivity index (χ2n) is 3.78. The Labute approximate surface area is 82.6 Å². The van der Waals surface area contributed by atoms with E-state index in [4.69, 9.17) is 5.73 Å². The Morgan fingerprint density at radius 2 is 2.36 bits per heavy atom. The van der Waals surface area contributed by atoms with Crippen molar-refractivity contribution in [3.05, 3.63) is 27.9 Å². The molecule has 0 amide bonds. The van der Waals surface area contributed by atoms with Gasteiger partial charge in [-0.25, -0.2) is 4.98 Å². The molecule has 0 aromatic carbocycles. The highest BCUT2D eigenvalue weighted by Crippen LogP contribution is 2.33. The summed E-state index contributed by atoms with van der Waals surface area (Å²) in [6.07, 6.45) is 5.84. The minimum Gasteiger partial charge on any atom is -0.330 e. The van der Waals surface area contributed by atoms with Gasteiger partial charge >= 0.3 is 0 Å². The fourth-order valence-corrected chi connectivity index (χ4v) is 1.72. The number of hydrogen-bond donors (Lipinski definition) is 2. The largest absolute Gasteiger partial charge is 0.330 e. The molecule has 0 radical (unpaired) electrons. The SMILES string of the molecule is NCCc1ncc(C2CCC2)c(=O)[nH]1. The number of H-pyrrole nitrogens is 1. The van der Waals surface area contributed by atoms with Crippen molar-refractivity contribution in [3.63, 3.8) is 0 Å². The lowest BCUT2D eigenvalue weighted by molar-refractivity contribution is 0.415. The third kappa shape index (κ3) is 1.70. The van der Waals surface area contributed by atoms with Crippen LogP contribution in [0.15, 0.2) is 11.0 Å². The van der Waals surface area contributed by atoms with Crippen molar-refractivity contribution in [2.24, 2.45) is 5.73 Å². The predicted molar refractivity (Wildman–Crippen MR) is 54.2 cm³/mol. The Kier molecular flexibility index (Phi) is 2.63. The topological polar surface area (TPSA) is 71.8 Å². The van der Waals surface area contributed by atoms with E-state index >= 15 is 0 Å². The van der Waals surface area contributed by atoms with Crippen molar-refractivity contribution in [1.82, 2.24) is 9.97 Å². The summed E-state index contributed by atoms with van der Waals surface area (Å²) in [5, 5.41) is 0. The van der Waals surface area contributed by atoms with Gasteiger partial charge in [0.2, 0.25) is 0 Å². The predicted octanol–water partition coefficient (Wildman–Crippen LogP) is 0.539. The average molecular weight is 193 g/mol. The van der Waals surface area contributed by atoms with Crippen LogP contribution in [0.1, 0.15) is 36.6 Å². The summed E-state index contributed by atoms with van der Waals surface area (Å²) in [7, 11) is 0. The molecule has 0 spiro atoms. The van der Waals surface area contributed by atoms with Crippen LogP contribution in [-0.4, -0.2) is 16.5 Å². The second kappa shape index (κ2) is 3.92. The van der Waals surface area contributed by atoms with E-state index in [0.29, 0.717) is 24.7 Å². The van der Waals surface area contributed by atoms with E-state index in [-0.39, 0.29) is 5.56 Å². The van der Waals surface area contributed by atoms with Gasteiger partial charge < -0.3 is 10.7 Å². The van der Waals surface area contributed by atoms with E-state index < -0.39 is 0 Å². The van der Waals surface area contributed by atoms with Crippen LogP contribution < -0.4 is 11.3 Å². The Morgan fingerprint density at radius 1 is 1.57 bits per heavy atom. The molecule has 1 aliphatic carbocycles. The minimum absolute atomic E-state index is 0.0214. The van der Waals surface area contributed by atoms with Crippen LogP contribution in [0, 0.1) is 0 Å². The molecule has 76 valence electrons. The van der Waals surface area contributed by atoms with Crippen LogP contribution in [0.25, 0.3) is 0 Å². The van der Waals surface area contributed by atoms with Crippen molar-refractivity contribution in [2.45, 2.75) is 31.6 Å². The molecule has 14 heavy (non-hydrogen) atoms. The zero-order valence-electron chi connectivity index (χ0n) is 8.12. The van der Waals surface area contributed by atoms with E-state index in [2.05, 4.69) is 9.97 Å². The van der Waals surface area contributed by atoms with Gasteiger partial charge in [-0.1, -0.05) is 6.42 Å². The first-order chi connectivity index (χ1) is 6.81. The van der Waals surface area contributed by atoms with Crippen LogP contribution in [-0.2, 0) is 6.42 Å². The van der Waals surface area contributed by atoms with E-state index in [1.54, 1.807) is 6.20 Å². The van der Waals surface area contributed by atoms with Gasteiger partial charge in [-0.3, -0.25) is 4.79 Å². The first-order valence-electron chi connectivity index (χ1n) is 5.09. The van der Waals surface area contributed by atoms with E-state index in [1.807, 2.05) is 0 Å². The number of nitrogens with one attached hydrogen (secondary N) is 1. The molecule has 2 rings (SSSR count). The van der Waals surface area contributed by atoms with Gasteiger partial charge in [-0.2, -0.15) is 0 Å². The molecule has 3 N–H and O–H groups in total. The maximum atomic E-state index is 11.6. The van der Waals surface area contributed by atoms with Gasteiger partial charge in [0.15, 0.2) is 0 Å². The van der Waals surface area contributed by atoms with Crippen LogP contribution in [0.3, 0.4) is 0 Å². The van der Waals surface area contributed by atoms with Gasteiger partial charge in [0.05, 0.1) is 0 Å². The first kappa shape index (κ1) is 9.40. The number of hydrogen-bond acceptors (Lipinski definition) is 3. The van der Waals surface area contributed by atoms with E-state index in [1.165, 1.54) is 6.42 Å². The molecule has 1 saturated carbocycles. The molecule has 0 unspecified atom stereocenters. The third-order valence-electron chi connectivity index (χ3n) is 2.81. The van der Waals surface area contributed by atoms with E-state index in [0.717, 1.165) is 18.4 Å². The number of nitrogens with zero attached hydrogens (tertiary/aromatic N) is 1. The zero-order chi connectivity index (χ0) is 9.97. The normalized spacial score (nSPS) is 16.6. The fraction of sp³-hybridized carbons (Fsp3) is 0.600. The molecule has 1 heterocycles. The van der Waals surface area contributed by atoms with Crippen molar-refractivity contribution in [1.29, 1.82) is 0 Å². The van der Waals surface area contributed by atoms with Crippen LogP contribution in [0.2, 0.25) is 0 Å². The molecular weight excluding hydrogens is 178 g/mol. The fourth-order valence-electron chi connectivity index (χ4n) is 1.72. The lowest BCUT2D eigenvalue weighted by Gasteiger charge is -2.24. The second-order valence-corrected chi connectivity index (χ2v) is 3.78. The zero-order valence-corrected chi connectivity index (χ0v) is 8.12. The highest BCUT2D eigenvalue weighted by molar-refractivity contribution is 5.14. The molecule has 0 bridgehead atoms. The number of rotatable bonds is 3. The molecule has 1 aromatic rings. The van der Waals surface area contributed by atoms with Crippen LogP contribution in [0.4, 0.5) is 0 Å².